The highest BCUT2D eigenvalue weighted by Crippen LogP contribution is 2.18. The summed E-state index contributed by atoms with van der Waals surface area (Å²) in [6.45, 7) is 4.52. The number of amides is 1. The largest absolute Gasteiger partial charge is 0.352 e. The lowest BCUT2D eigenvalue weighted by atomic mass is 10.0. The molecule has 0 aromatic rings. The van der Waals surface area contributed by atoms with Crippen LogP contribution in [0.5, 0.6) is 0 Å². The second-order valence-corrected chi connectivity index (χ2v) is 7.40. The van der Waals surface area contributed by atoms with Crippen LogP contribution in [-0.2, 0) is 14.6 Å². The summed E-state index contributed by atoms with van der Waals surface area (Å²) in [4.78, 5) is 11.9. The molecule has 0 spiro atoms. The van der Waals surface area contributed by atoms with Crippen molar-refractivity contribution in [2.45, 2.75) is 32.7 Å². The van der Waals surface area contributed by atoms with E-state index in [0.29, 0.717) is 18.9 Å². The maximum absolute atomic E-state index is 11.9. The molecule has 1 rings (SSSR count). The summed E-state index contributed by atoms with van der Waals surface area (Å²) < 4.78 is 22.5. The fourth-order valence-corrected chi connectivity index (χ4v) is 3.85. The monoisotopic (exact) mass is 262 g/mol. The number of hydrogen-bond acceptors (Lipinski definition) is 4. The van der Waals surface area contributed by atoms with E-state index in [9.17, 15) is 13.2 Å². The molecule has 1 heterocycles. The molecule has 1 saturated heterocycles. The number of nitrogens with one attached hydrogen (secondary N) is 1. The number of nitrogens with two attached hydrogens (primary N) is 1. The lowest BCUT2D eigenvalue weighted by Gasteiger charge is -2.20. The molecule has 1 aliphatic rings. The van der Waals surface area contributed by atoms with Crippen molar-refractivity contribution in [1.82, 2.24) is 5.32 Å². The van der Waals surface area contributed by atoms with Gasteiger partial charge in [-0.25, -0.2) is 8.42 Å². The lowest BCUT2D eigenvalue weighted by Crippen LogP contribution is -2.44. The van der Waals surface area contributed by atoms with Crippen molar-refractivity contribution in [3.05, 3.63) is 0 Å². The van der Waals surface area contributed by atoms with E-state index in [4.69, 9.17) is 5.73 Å². The molecule has 0 saturated carbocycles. The van der Waals surface area contributed by atoms with Crippen LogP contribution in [0.4, 0.5) is 0 Å². The van der Waals surface area contributed by atoms with Gasteiger partial charge in [-0.3, -0.25) is 4.79 Å². The highest BCUT2D eigenvalue weighted by atomic mass is 32.2. The summed E-state index contributed by atoms with van der Waals surface area (Å²) in [5.74, 6) is 0.0138. The van der Waals surface area contributed by atoms with Gasteiger partial charge in [0.1, 0.15) is 0 Å². The average Bonchev–Trinajstić information content (AvgIpc) is 2.57. The predicted molar refractivity (Wildman–Crippen MR) is 67.2 cm³/mol. The zero-order valence-corrected chi connectivity index (χ0v) is 11.3. The SMILES string of the molecule is CC(C)CC(CN)NC(=O)C1CCS(=O)(=O)C1. The Hall–Kier alpha value is -0.620. The molecule has 0 aromatic heterocycles. The highest BCUT2D eigenvalue weighted by Gasteiger charge is 2.33. The molecule has 100 valence electrons. The second kappa shape index (κ2) is 5.82. The maximum Gasteiger partial charge on any atom is 0.224 e. The first-order valence-electron chi connectivity index (χ1n) is 6.05. The number of rotatable bonds is 5. The summed E-state index contributed by atoms with van der Waals surface area (Å²) in [6, 6.07) is -0.0502. The van der Waals surface area contributed by atoms with Gasteiger partial charge in [-0.05, 0) is 18.8 Å². The Morgan fingerprint density at radius 3 is 2.53 bits per heavy atom. The Balaban J connectivity index is 2.48. The first-order chi connectivity index (χ1) is 7.84. The molecule has 6 heteroatoms. The van der Waals surface area contributed by atoms with E-state index in [0.717, 1.165) is 6.42 Å². The van der Waals surface area contributed by atoms with Crippen LogP contribution >= 0.6 is 0 Å². The summed E-state index contributed by atoms with van der Waals surface area (Å²) >= 11 is 0. The average molecular weight is 262 g/mol. The molecular weight excluding hydrogens is 240 g/mol. The number of carbonyl (C=O) groups is 1. The summed E-state index contributed by atoms with van der Waals surface area (Å²) in [5, 5.41) is 2.85. The molecule has 1 fully saturated rings. The van der Waals surface area contributed by atoms with Crippen molar-refractivity contribution in [1.29, 1.82) is 0 Å². The van der Waals surface area contributed by atoms with Crippen LogP contribution < -0.4 is 11.1 Å². The first kappa shape index (κ1) is 14.4. The fraction of sp³-hybridized carbons (Fsp3) is 0.909. The van der Waals surface area contributed by atoms with Crippen LogP contribution in [0, 0.1) is 11.8 Å². The Kier molecular flexibility index (Phi) is 4.94. The molecular formula is C11H22N2O3S. The van der Waals surface area contributed by atoms with Gasteiger partial charge in [-0.1, -0.05) is 13.8 Å². The topological polar surface area (TPSA) is 89.3 Å². The summed E-state index contributed by atoms with van der Waals surface area (Å²) in [7, 11) is -3.00. The van der Waals surface area contributed by atoms with E-state index in [1.807, 2.05) is 0 Å². The minimum Gasteiger partial charge on any atom is -0.352 e. The molecule has 3 N–H and O–H groups in total. The van der Waals surface area contributed by atoms with E-state index >= 15 is 0 Å². The first-order valence-corrected chi connectivity index (χ1v) is 7.87. The van der Waals surface area contributed by atoms with Gasteiger partial charge in [-0.15, -0.1) is 0 Å². The molecule has 17 heavy (non-hydrogen) atoms. The third kappa shape index (κ3) is 4.63. The minimum atomic E-state index is -3.00. The van der Waals surface area contributed by atoms with Crippen molar-refractivity contribution in [2.75, 3.05) is 18.1 Å². The van der Waals surface area contributed by atoms with Gasteiger partial charge in [0, 0.05) is 12.6 Å². The Bertz CT molecular complexity index is 365. The zero-order chi connectivity index (χ0) is 13.1. The van der Waals surface area contributed by atoms with Crippen LogP contribution in [0.1, 0.15) is 26.7 Å². The van der Waals surface area contributed by atoms with E-state index < -0.39 is 9.84 Å². The van der Waals surface area contributed by atoms with Crippen molar-refractivity contribution in [3.8, 4) is 0 Å². The van der Waals surface area contributed by atoms with Gasteiger partial charge in [0.15, 0.2) is 9.84 Å². The Morgan fingerprint density at radius 2 is 2.12 bits per heavy atom. The molecule has 0 aliphatic carbocycles. The molecule has 2 unspecified atom stereocenters. The molecule has 0 bridgehead atoms. The van der Waals surface area contributed by atoms with Gasteiger partial charge in [0.25, 0.3) is 0 Å². The molecule has 0 aromatic carbocycles. The number of sulfone groups is 1. The second-order valence-electron chi connectivity index (χ2n) is 5.17. The molecule has 0 radical (unpaired) electrons. The van der Waals surface area contributed by atoms with Crippen LogP contribution in [0.15, 0.2) is 0 Å². The van der Waals surface area contributed by atoms with Crippen molar-refractivity contribution in [3.63, 3.8) is 0 Å². The third-order valence-corrected chi connectivity index (χ3v) is 4.76. The van der Waals surface area contributed by atoms with Crippen LogP contribution in [0.3, 0.4) is 0 Å². The summed E-state index contributed by atoms with van der Waals surface area (Å²) in [6.07, 6.45) is 1.26. The van der Waals surface area contributed by atoms with Crippen molar-refractivity contribution in [2.24, 2.45) is 17.6 Å². The van der Waals surface area contributed by atoms with E-state index in [1.54, 1.807) is 0 Å². The predicted octanol–water partition coefficient (Wildman–Crippen LogP) is -0.0893. The highest BCUT2D eigenvalue weighted by molar-refractivity contribution is 7.91. The number of carbonyl (C=O) groups excluding carboxylic acids is 1. The van der Waals surface area contributed by atoms with Crippen LogP contribution in [0.2, 0.25) is 0 Å². The van der Waals surface area contributed by atoms with Gasteiger partial charge in [0.2, 0.25) is 5.91 Å². The summed E-state index contributed by atoms with van der Waals surface area (Å²) in [5.41, 5.74) is 5.59. The molecule has 1 aliphatic heterocycles. The third-order valence-electron chi connectivity index (χ3n) is 2.99. The maximum atomic E-state index is 11.9. The van der Waals surface area contributed by atoms with Gasteiger partial charge in [-0.2, -0.15) is 0 Å². The quantitative estimate of drug-likeness (QED) is 0.724. The van der Waals surface area contributed by atoms with Gasteiger partial charge < -0.3 is 11.1 Å². The van der Waals surface area contributed by atoms with Gasteiger partial charge in [0.05, 0.1) is 17.4 Å². The standard InChI is InChI=1S/C11H22N2O3S/c1-8(2)5-10(6-12)13-11(14)9-3-4-17(15,16)7-9/h8-10H,3-7,12H2,1-2H3,(H,13,14). The van der Waals surface area contributed by atoms with Crippen LogP contribution in [0.25, 0.3) is 0 Å². The fourth-order valence-electron chi connectivity index (χ4n) is 2.10. The van der Waals surface area contributed by atoms with Crippen LogP contribution in [-0.4, -0.2) is 38.4 Å². The Morgan fingerprint density at radius 1 is 1.47 bits per heavy atom. The smallest absolute Gasteiger partial charge is 0.224 e. The van der Waals surface area contributed by atoms with E-state index in [-0.39, 0.29) is 29.4 Å². The van der Waals surface area contributed by atoms with Crippen molar-refractivity contribution < 1.29 is 13.2 Å². The van der Waals surface area contributed by atoms with Gasteiger partial charge >= 0.3 is 0 Å². The molecule has 2 atom stereocenters. The van der Waals surface area contributed by atoms with E-state index in [1.165, 1.54) is 0 Å². The number of hydrogen-bond donors (Lipinski definition) is 2. The Labute approximate surface area is 103 Å². The lowest BCUT2D eigenvalue weighted by molar-refractivity contribution is -0.125. The molecule has 1 amide bonds. The van der Waals surface area contributed by atoms with E-state index in [2.05, 4.69) is 19.2 Å². The normalized spacial score (nSPS) is 24.8. The zero-order valence-electron chi connectivity index (χ0n) is 10.5. The molecule has 5 nitrogen and oxygen atoms in total. The van der Waals surface area contributed by atoms with Crippen molar-refractivity contribution >= 4 is 15.7 Å². The minimum absolute atomic E-state index is 0.0161.